The summed E-state index contributed by atoms with van der Waals surface area (Å²) in [4.78, 5) is 15.4. The first-order valence-electron chi connectivity index (χ1n) is 9.94. The van der Waals surface area contributed by atoms with Gasteiger partial charge in [-0.2, -0.15) is 5.10 Å². The highest BCUT2D eigenvalue weighted by Crippen LogP contribution is 2.39. The van der Waals surface area contributed by atoms with E-state index in [4.69, 9.17) is 9.84 Å². The summed E-state index contributed by atoms with van der Waals surface area (Å²) in [6.45, 7) is 1.94. The molecule has 3 aromatic rings. The molecule has 1 atom stereocenters. The highest BCUT2D eigenvalue weighted by atomic mass is 32.2. The molecule has 1 unspecified atom stereocenters. The van der Waals surface area contributed by atoms with Crippen LogP contribution in [0.5, 0.6) is 0 Å². The standard InChI is InChI=1S/C19H23N7O3S/c1-30(27,28)23-9-14-11-25(6-7-29-14)19-8-16(21-12-22-19)17-10-20-18-5-4-15(13-2-3-13)24-26(17)18/h4-5,8,10,12-14,23H,2-3,6-7,9,11H2,1H3. The van der Waals surface area contributed by atoms with Gasteiger partial charge in [0.2, 0.25) is 10.0 Å². The molecule has 11 heteroatoms. The van der Waals surface area contributed by atoms with Gasteiger partial charge in [-0.3, -0.25) is 0 Å². The van der Waals surface area contributed by atoms with Crippen LogP contribution in [0.25, 0.3) is 17.0 Å². The van der Waals surface area contributed by atoms with Crippen molar-refractivity contribution in [2.45, 2.75) is 24.9 Å². The SMILES string of the molecule is CS(=O)(=O)NCC1CN(c2cc(-c3cnc4ccc(C5CC5)nn34)ncn2)CCO1. The number of fused-ring (bicyclic) bond motifs is 1. The molecule has 4 heterocycles. The Kier molecular flexibility index (Phi) is 4.88. The number of rotatable bonds is 6. The van der Waals surface area contributed by atoms with E-state index >= 15 is 0 Å². The van der Waals surface area contributed by atoms with E-state index < -0.39 is 10.0 Å². The summed E-state index contributed by atoms with van der Waals surface area (Å²) in [5.74, 6) is 1.32. The van der Waals surface area contributed by atoms with Crippen molar-refractivity contribution in [1.29, 1.82) is 0 Å². The highest BCUT2D eigenvalue weighted by molar-refractivity contribution is 7.88. The molecule has 1 saturated heterocycles. The van der Waals surface area contributed by atoms with Crippen molar-refractivity contribution < 1.29 is 13.2 Å². The van der Waals surface area contributed by atoms with Crippen LogP contribution in [-0.2, 0) is 14.8 Å². The van der Waals surface area contributed by atoms with Gasteiger partial charge < -0.3 is 9.64 Å². The third-order valence-electron chi connectivity index (χ3n) is 5.33. The molecule has 0 spiro atoms. The number of hydrogen-bond donors (Lipinski definition) is 1. The van der Waals surface area contributed by atoms with Crippen LogP contribution < -0.4 is 9.62 Å². The van der Waals surface area contributed by atoms with Crippen molar-refractivity contribution >= 4 is 21.5 Å². The Morgan fingerprint density at radius 3 is 2.90 bits per heavy atom. The van der Waals surface area contributed by atoms with Gasteiger partial charge >= 0.3 is 0 Å². The topological polar surface area (TPSA) is 115 Å². The maximum absolute atomic E-state index is 11.4. The van der Waals surface area contributed by atoms with E-state index in [0.29, 0.717) is 25.6 Å². The van der Waals surface area contributed by atoms with Crippen LogP contribution >= 0.6 is 0 Å². The molecule has 2 fully saturated rings. The lowest BCUT2D eigenvalue weighted by atomic mass is 10.2. The molecular weight excluding hydrogens is 406 g/mol. The number of nitrogens with one attached hydrogen (secondary N) is 1. The zero-order valence-electron chi connectivity index (χ0n) is 16.6. The van der Waals surface area contributed by atoms with Crippen LogP contribution in [0.3, 0.4) is 0 Å². The predicted molar refractivity (Wildman–Crippen MR) is 111 cm³/mol. The number of ether oxygens (including phenoxy) is 1. The minimum Gasteiger partial charge on any atom is -0.373 e. The van der Waals surface area contributed by atoms with Crippen molar-refractivity contribution in [3.05, 3.63) is 36.4 Å². The first kappa shape index (κ1) is 19.3. The van der Waals surface area contributed by atoms with Gasteiger partial charge in [0.1, 0.15) is 17.8 Å². The van der Waals surface area contributed by atoms with E-state index in [1.807, 2.05) is 22.7 Å². The average molecular weight is 430 g/mol. The molecule has 0 bridgehead atoms. The molecule has 2 aliphatic rings. The van der Waals surface area contributed by atoms with Crippen LogP contribution in [0, 0.1) is 0 Å². The van der Waals surface area contributed by atoms with E-state index in [0.717, 1.165) is 34.8 Å². The van der Waals surface area contributed by atoms with Gasteiger partial charge in [0.15, 0.2) is 5.65 Å². The molecule has 0 radical (unpaired) electrons. The molecule has 0 amide bonds. The molecule has 3 aromatic heterocycles. The summed E-state index contributed by atoms with van der Waals surface area (Å²) >= 11 is 0. The summed E-state index contributed by atoms with van der Waals surface area (Å²) in [6.07, 6.45) is 6.59. The zero-order valence-corrected chi connectivity index (χ0v) is 17.4. The fraction of sp³-hybridized carbons (Fsp3) is 0.474. The minimum absolute atomic E-state index is 0.231. The van der Waals surface area contributed by atoms with Gasteiger partial charge in [-0.25, -0.2) is 32.6 Å². The first-order valence-corrected chi connectivity index (χ1v) is 11.8. The van der Waals surface area contributed by atoms with Gasteiger partial charge in [-0.1, -0.05) is 0 Å². The quantitative estimate of drug-likeness (QED) is 0.612. The fourth-order valence-electron chi connectivity index (χ4n) is 3.61. The molecular formula is C19H23N7O3S. The largest absolute Gasteiger partial charge is 0.373 e. The number of aromatic nitrogens is 5. The van der Waals surface area contributed by atoms with Gasteiger partial charge in [0.05, 0.1) is 36.6 Å². The number of morpholine rings is 1. The van der Waals surface area contributed by atoms with Crippen LogP contribution in [0.2, 0.25) is 0 Å². The van der Waals surface area contributed by atoms with Crippen LogP contribution in [0.15, 0.2) is 30.7 Å². The lowest BCUT2D eigenvalue weighted by molar-refractivity contribution is 0.0440. The Morgan fingerprint density at radius 1 is 1.23 bits per heavy atom. The maximum atomic E-state index is 11.4. The van der Waals surface area contributed by atoms with E-state index in [1.54, 1.807) is 6.20 Å². The molecule has 1 aliphatic carbocycles. The minimum atomic E-state index is -3.26. The van der Waals surface area contributed by atoms with E-state index in [-0.39, 0.29) is 12.6 Å². The molecule has 1 aliphatic heterocycles. The first-order chi connectivity index (χ1) is 14.5. The molecule has 1 N–H and O–H groups in total. The molecule has 1 saturated carbocycles. The molecule has 30 heavy (non-hydrogen) atoms. The number of nitrogens with zero attached hydrogens (tertiary/aromatic N) is 6. The Labute approximate surface area is 174 Å². The molecule has 158 valence electrons. The van der Waals surface area contributed by atoms with Gasteiger partial charge in [0, 0.05) is 31.6 Å². The van der Waals surface area contributed by atoms with Crippen molar-refractivity contribution in [3.63, 3.8) is 0 Å². The van der Waals surface area contributed by atoms with E-state index in [2.05, 4.69) is 24.6 Å². The van der Waals surface area contributed by atoms with Gasteiger partial charge in [-0.05, 0) is 25.0 Å². The van der Waals surface area contributed by atoms with Crippen molar-refractivity contribution in [2.24, 2.45) is 0 Å². The number of imidazole rings is 1. The average Bonchev–Trinajstić information content (AvgIpc) is 3.51. The predicted octanol–water partition coefficient (Wildman–Crippen LogP) is 0.818. The second kappa shape index (κ2) is 7.56. The maximum Gasteiger partial charge on any atom is 0.208 e. The number of anilines is 1. The Morgan fingerprint density at radius 2 is 2.10 bits per heavy atom. The van der Waals surface area contributed by atoms with Crippen LogP contribution in [-0.4, -0.2) is 71.6 Å². The molecule has 10 nitrogen and oxygen atoms in total. The summed E-state index contributed by atoms with van der Waals surface area (Å²) < 4.78 is 32.8. The van der Waals surface area contributed by atoms with Gasteiger partial charge in [0.25, 0.3) is 0 Å². The second-order valence-electron chi connectivity index (χ2n) is 7.77. The monoisotopic (exact) mass is 429 g/mol. The number of hydrogen-bond acceptors (Lipinski definition) is 8. The zero-order chi connectivity index (χ0) is 20.7. The second-order valence-corrected chi connectivity index (χ2v) is 9.60. The van der Waals surface area contributed by atoms with Gasteiger partial charge in [-0.15, -0.1) is 0 Å². The Bertz CT molecular complexity index is 1180. The van der Waals surface area contributed by atoms with E-state index in [1.165, 1.54) is 19.2 Å². The van der Waals surface area contributed by atoms with Crippen molar-refractivity contribution in [3.8, 4) is 11.4 Å². The summed E-state index contributed by atoms with van der Waals surface area (Å²) in [6, 6.07) is 5.96. The van der Waals surface area contributed by atoms with Crippen molar-refractivity contribution in [1.82, 2.24) is 29.3 Å². The van der Waals surface area contributed by atoms with E-state index in [9.17, 15) is 8.42 Å². The molecule has 0 aromatic carbocycles. The van der Waals surface area contributed by atoms with Crippen molar-refractivity contribution in [2.75, 3.05) is 37.4 Å². The van der Waals surface area contributed by atoms with Crippen LogP contribution in [0.1, 0.15) is 24.5 Å². The summed E-state index contributed by atoms with van der Waals surface area (Å²) in [5.41, 5.74) is 3.43. The molecule has 5 rings (SSSR count). The Hall–Kier alpha value is -2.63. The third kappa shape index (κ3) is 4.13. The third-order valence-corrected chi connectivity index (χ3v) is 6.02. The lowest BCUT2D eigenvalue weighted by Crippen LogP contribution is -2.47. The Balaban J connectivity index is 1.39. The lowest BCUT2D eigenvalue weighted by Gasteiger charge is -2.33. The summed E-state index contributed by atoms with van der Waals surface area (Å²) in [5, 5.41) is 4.77. The fourth-order valence-corrected chi connectivity index (χ4v) is 4.10. The smallest absolute Gasteiger partial charge is 0.208 e. The normalized spacial score (nSPS) is 20.0. The highest BCUT2D eigenvalue weighted by Gasteiger charge is 2.26. The number of sulfonamides is 1. The summed E-state index contributed by atoms with van der Waals surface area (Å²) in [7, 11) is -3.26. The van der Waals surface area contributed by atoms with Crippen LogP contribution in [0.4, 0.5) is 5.82 Å².